The highest BCUT2D eigenvalue weighted by molar-refractivity contribution is 6.08. The lowest BCUT2D eigenvalue weighted by Gasteiger charge is -2.42. The Bertz CT molecular complexity index is 863. The standard InChI is InChI=1S/C26H40N6O/c1-2-12-29-24-11-10-22(19-23(24)25(28)26(33)32-13-4-3-5-14-32)31-17-15-30(16-18-31)21-8-6-20(27)7-9-21/h6-9,22H,2-5,10-19,27-28H2,1H3. The summed E-state index contributed by atoms with van der Waals surface area (Å²) in [6.07, 6.45) is 7.18. The molecule has 4 rings (SSSR count). The van der Waals surface area contributed by atoms with Gasteiger partial charge in [0.25, 0.3) is 5.91 Å². The molecule has 2 heterocycles. The third-order valence-electron chi connectivity index (χ3n) is 7.32. The minimum atomic E-state index is 0.0164. The monoisotopic (exact) mass is 452 g/mol. The predicted molar refractivity (Wildman–Crippen MR) is 137 cm³/mol. The number of nitrogen functional groups attached to an aromatic ring is 1. The van der Waals surface area contributed by atoms with Crippen LogP contribution in [0.4, 0.5) is 11.4 Å². The highest BCUT2D eigenvalue weighted by atomic mass is 16.2. The molecule has 0 bridgehead atoms. The average molecular weight is 453 g/mol. The van der Waals surface area contributed by atoms with E-state index in [1.54, 1.807) is 0 Å². The minimum absolute atomic E-state index is 0.0164. The van der Waals surface area contributed by atoms with Gasteiger partial charge in [-0.15, -0.1) is 0 Å². The summed E-state index contributed by atoms with van der Waals surface area (Å²) in [4.78, 5) is 25.0. The second kappa shape index (κ2) is 11.1. The number of nitrogens with two attached hydrogens (primary N) is 2. The van der Waals surface area contributed by atoms with E-state index in [0.717, 1.165) is 101 Å². The Hall–Kier alpha value is -2.54. The lowest BCUT2D eigenvalue weighted by atomic mass is 9.86. The van der Waals surface area contributed by atoms with Gasteiger partial charge in [0.1, 0.15) is 5.70 Å². The largest absolute Gasteiger partial charge is 0.399 e. The van der Waals surface area contributed by atoms with Crippen molar-refractivity contribution in [2.45, 2.75) is 57.9 Å². The number of carbonyl (C=O) groups excluding carboxylic acids is 1. The van der Waals surface area contributed by atoms with Gasteiger partial charge in [0.15, 0.2) is 0 Å². The summed E-state index contributed by atoms with van der Waals surface area (Å²) in [5.74, 6) is 0.0164. The molecule has 3 fully saturated rings. The van der Waals surface area contributed by atoms with Crippen LogP contribution >= 0.6 is 0 Å². The van der Waals surface area contributed by atoms with E-state index >= 15 is 0 Å². The fourth-order valence-electron chi connectivity index (χ4n) is 5.33. The van der Waals surface area contributed by atoms with Gasteiger partial charge in [-0.1, -0.05) is 6.92 Å². The van der Waals surface area contributed by atoms with Gasteiger partial charge in [0.05, 0.1) is 0 Å². The van der Waals surface area contributed by atoms with Gasteiger partial charge >= 0.3 is 0 Å². The molecule has 1 aromatic rings. The predicted octanol–water partition coefficient (Wildman–Crippen LogP) is 3.02. The quantitative estimate of drug-likeness (QED) is 0.529. The molecule has 7 heteroatoms. The second-order valence-electron chi connectivity index (χ2n) is 9.58. The summed E-state index contributed by atoms with van der Waals surface area (Å²) >= 11 is 0. The maximum Gasteiger partial charge on any atom is 0.270 e. The van der Waals surface area contributed by atoms with Gasteiger partial charge in [-0.25, -0.2) is 0 Å². The van der Waals surface area contributed by atoms with Crippen LogP contribution in [0.2, 0.25) is 0 Å². The van der Waals surface area contributed by atoms with Crippen molar-refractivity contribution in [1.82, 2.24) is 9.80 Å². The van der Waals surface area contributed by atoms with Crippen molar-refractivity contribution in [2.75, 3.05) is 56.4 Å². The zero-order chi connectivity index (χ0) is 23.2. The first kappa shape index (κ1) is 23.6. The molecule has 2 saturated heterocycles. The summed E-state index contributed by atoms with van der Waals surface area (Å²) in [5.41, 5.74) is 17.0. The van der Waals surface area contributed by atoms with E-state index in [4.69, 9.17) is 16.5 Å². The zero-order valence-electron chi connectivity index (χ0n) is 20.1. The number of nitrogens with zero attached hydrogens (tertiary/aromatic N) is 4. The number of hydrogen-bond acceptors (Lipinski definition) is 6. The number of aliphatic imine (C=N–C) groups is 1. The van der Waals surface area contributed by atoms with Crippen LogP contribution in [0.15, 0.2) is 40.5 Å². The molecule has 1 saturated carbocycles. The highest BCUT2D eigenvalue weighted by Crippen LogP contribution is 2.29. The maximum absolute atomic E-state index is 13.2. The van der Waals surface area contributed by atoms with Gasteiger partial charge in [0, 0.05) is 74.5 Å². The van der Waals surface area contributed by atoms with Gasteiger partial charge in [-0.2, -0.15) is 0 Å². The summed E-state index contributed by atoms with van der Waals surface area (Å²) < 4.78 is 0. The van der Waals surface area contributed by atoms with E-state index < -0.39 is 0 Å². The molecule has 1 aromatic carbocycles. The Balaban J connectivity index is 1.45. The van der Waals surface area contributed by atoms with Crippen LogP contribution in [0.1, 0.15) is 51.9 Å². The van der Waals surface area contributed by atoms with E-state index in [-0.39, 0.29) is 5.91 Å². The number of anilines is 2. The van der Waals surface area contributed by atoms with Crippen LogP contribution in [-0.2, 0) is 4.79 Å². The molecule has 0 aromatic heterocycles. The third-order valence-corrected chi connectivity index (χ3v) is 7.32. The molecule has 1 aliphatic carbocycles. The summed E-state index contributed by atoms with van der Waals surface area (Å²) in [5, 5.41) is 0. The Kier molecular flexibility index (Phi) is 7.91. The number of rotatable bonds is 5. The van der Waals surface area contributed by atoms with Crippen molar-refractivity contribution in [3.63, 3.8) is 0 Å². The van der Waals surface area contributed by atoms with Crippen LogP contribution in [0.25, 0.3) is 0 Å². The molecular weight excluding hydrogens is 412 g/mol. The number of amides is 1. The lowest BCUT2D eigenvalue weighted by Crippen LogP contribution is -2.51. The fourth-order valence-corrected chi connectivity index (χ4v) is 5.33. The number of piperidine rings is 1. The van der Waals surface area contributed by atoms with E-state index in [2.05, 4.69) is 28.9 Å². The van der Waals surface area contributed by atoms with Crippen molar-refractivity contribution in [2.24, 2.45) is 10.7 Å². The topological polar surface area (TPSA) is 91.2 Å². The number of likely N-dealkylation sites (tertiary alicyclic amines) is 1. The fraction of sp³-hybridized carbons (Fsp3) is 0.615. The molecule has 3 aliphatic rings. The molecule has 180 valence electrons. The molecule has 2 aliphatic heterocycles. The van der Waals surface area contributed by atoms with E-state index in [1.807, 2.05) is 17.0 Å². The first-order valence-electron chi connectivity index (χ1n) is 12.7. The maximum atomic E-state index is 13.2. The molecule has 1 unspecified atom stereocenters. The van der Waals surface area contributed by atoms with Crippen LogP contribution in [0.5, 0.6) is 0 Å². The van der Waals surface area contributed by atoms with Gasteiger partial charge in [0.2, 0.25) is 0 Å². The summed E-state index contributed by atoms with van der Waals surface area (Å²) in [6.45, 7) is 8.62. The Morgan fingerprint density at radius 3 is 2.39 bits per heavy atom. The molecule has 33 heavy (non-hydrogen) atoms. The van der Waals surface area contributed by atoms with Crippen molar-refractivity contribution in [1.29, 1.82) is 0 Å². The summed E-state index contributed by atoms with van der Waals surface area (Å²) in [6, 6.07) is 8.58. The van der Waals surface area contributed by atoms with Crippen LogP contribution in [-0.4, -0.2) is 73.3 Å². The molecule has 7 nitrogen and oxygen atoms in total. The van der Waals surface area contributed by atoms with Gasteiger partial charge in [-0.05, 0) is 69.2 Å². The first-order chi connectivity index (χ1) is 16.1. The highest BCUT2D eigenvalue weighted by Gasteiger charge is 2.32. The van der Waals surface area contributed by atoms with E-state index in [9.17, 15) is 4.79 Å². The van der Waals surface area contributed by atoms with E-state index in [1.165, 1.54) is 12.1 Å². The molecule has 1 atom stereocenters. The molecule has 4 N–H and O–H groups in total. The Labute approximate surface area is 198 Å². The average Bonchev–Trinajstić information content (AvgIpc) is 2.87. The molecular formula is C26H40N6O. The van der Waals surface area contributed by atoms with Crippen LogP contribution in [0.3, 0.4) is 0 Å². The van der Waals surface area contributed by atoms with Crippen LogP contribution in [0, 0.1) is 0 Å². The number of piperazine rings is 1. The second-order valence-corrected chi connectivity index (χ2v) is 9.58. The molecule has 1 amide bonds. The Morgan fingerprint density at radius 1 is 1.03 bits per heavy atom. The van der Waals surface area contributed by atoms with Crippen LogP contribution < -0.4 is 16.4 Å². The van der Waals surface area contributed by atoms with Gasteiger partial charge in [-0.3, -0.25) is 14.7 Å². The smallest absolute Gasteiger partial charge is 0.270 e. The Morgan fingerprint density at radius 2 is 1.73 bits per heavy atom. The van der Waals surface area contributed by atoms with Gasteiger partial charge < -0.3 is 21.3 Å². The zero-order valence-corrected chi connectivity index (χ0v) is 20.1. The number of benzene rings is 1. The molecule has 0 radical (unpaired) electrons. The third kappa shape index (κ3) is 5.69. The number of carbonyl (C=O) groups is 1. The number of hydrogen-bond donors (Lipinski definition) is 2. The lowest BCUT2D eigenvalue weighted by molar-refractivity contribution is -0.128. The summed E-state index contributed by atoms with van der Waals surface area (Å²) in [7, 11) is 0. The van der Waals surface area contributed by atoms with Crippen molar-refractivity contribution in [3.05, 3.63) is 35.5 Å². The minimum Gasteiger partial charge on any atom is -0.399 e. The normalized spacial score (nSPS) is 25.4. The SMILES string of the molecule is CCCN=C1CCC(N2CCN(c3ccc(N)cc3)CC2)CC1=C(N)C(=O)N1CCCCC1. The first-order valence-corrected chi connectivity index (χ1v) is 12.7. The van der Waals surface area contributed by atoms with Crippen molar-refractivity contribution < 1.29 is 4.79 Å². The molecule has 0 spiro atoms. The van der Waals surface area contributed by atoms with Crippen molar-refractivity contribution >= 4 is 23.0 Å². The van der Waals surface area contributed by atoms with E-state index in [0.29, 0.717) is 11.7 Å². The van der Waals surface area contributed by atoms with Crippen molar-refractivity contribution in [3.8, 4) is 0 Å².